The third kappa shape index (κ3) is 4.97. The van der Waals surface area contributed by atoms with Crippen molar-refractivity contribution in [1.29, 1.82) is 0 Å². The molecule has 1 N–H and O–H groups in total. The first-order chi connectivity index (χ1) is 14.7. The highest BCUT2D eigenvalue weighted by Gasteiger charge is 2.28. The summed E-state index contributed by atoms with van der Waals surface area (Å²) in [6.07, 6.45) is 5.08. The third-order valence-corrected chi connectivity index (χ3v) is 6.10. The molecule has 0 bridgehead atoms. The molecule has 3 aromatic rings. The van der Waals surface area contributed by atoms with Crippen LogP contribution in [0.2, 0.25) is 0 Å². The van der Waals surface area contributed by atoms with Crippen LogP contribution in [0.25, 0.3) is 0 Å². The lowest BCUT2D eigenvalue weighted by Gasteiger charge is -2.33. The Labute approximate surface area is 179 Å². The molecule has 30 heavy (non-hydrogen) atoms. The monoisotopic (exact) mass is 422 g/mol. The Bertz CT molecular complexity index is 1000. The smallest absolute Gasteiger partial charge is 0.225 e. The van der Waals surface area contributed by atoms with Crippen molar-refractivity contribution < 1.29 is 9.18 Å². The zero-order valence-corrected chi connectivity index (χ0v) is 17.3. The highest BCUT2D eigenvalue weighted by Crippen LogP contribution is 2.33. The van der Waals surface area contributed by atoms with Gasteiger partial charge in [-0.05, 0) is 31.0 Å². The molecule has 0 radical (unpaired) electrons. The predicted molar refractivity (Wildman–Crippen MR) is 116 cm³/mol. The molecule has 1 amide bonds. The molecule has 1 atom stereocenters. The fourth-order valence-corrected chi connectivity index (χ4v) is 4.46. The lowest BCUT2D eigenvalue weighted by molar-refractivity contribution is -0.125. The van der Waals surface area contributed by atoms with Crippen LogP contribution < -0.4 is 10.2 Å². The number of amides is 1. The molecular formula is C23H23FN4OS. The first-order valence-electron chi connectivity index (χ1n) is 10.0. The van der Waals surface area contributed by atoms with Crippen molar-refractivity contribution in [2.75, 3.05) is 18.0 Å². The van der Waals surface area contributed by atoms with E-state index in [1.165, 1.54) is 6.07 Å². The van der Waals surface area contributed by atoms with Crippen molar-refractivity contribution in [2.24, 2.45) is 5.92 Å². The Morgan fingerprint density at radius 3 is 2.70 bits per heavy atom. The molecule has 0 spiro atoms. The summed E-state index contributed by atoms with van der Waals surface area (Å²) in [5.41, 5.74) is 0.494. The van der Waals surface area contributed by atoms with E-state index >= 15 is 0 Å². The molecule has 7 heteroatoms. The Hall–Kier alpha value is -2.93. The van der Waals surface area contributed by atoms with Crippen molar-refractivity contribution >= 4 is 23.5 Å². The molecule has 1 aliphatic heterocycles. The topological polar surface area (TPSA) is 58.1 Å². The summed E-state index contributed by atoms with van der Waals surface area (Å²) in [7, 11) is 0. The van der Waals surface area contributed by atoms with E-state index in [2.05, 4.69) is 20.2 Å². The summed E-state index contributed by atoms with van der Waals surface area (Å²) in [5, 5.41) is 3.72. The highest BCUT2D eigenvalue weighted by atomic mass is 32.2. The van der Waals surface area contributed by atoms with Gasteiger partial charge in [-0.25, -0.2) is 14.4 Å². The number of rotatable bonds is 6. The van der Waals surface area contributed by atoms with Gasteiger partial charge < -0.3 is 10.2 Å². The van der Waals surface area contributed by atoms with Crippen molar-refractivity contribution in [1.82, 2.24) is 15.3 Å². The van der Waals surface area contributed by atoms with Gasteiger partial charge in [-0.3, -0.25) is 4.79 Å². The van der Waals surface area contributed by atoms with Crippen LogP contribution in [-0.2, 0) is 11.3 Å². The zero-order valence-electron chi connectivity index (χ0n) is 16.5. The van der Waals surface area contributed by atoms with E-state index in [4.69, 9.17) is 0 Å². The van der Waals surface area contributed by atoms with Crippen LogP contribution in [0.15, 0.2) is 76.9 Å². The van der Waals surface area contributed by atoms with Crippen LogP contribution in [-0.4, -0.2) is 29.0 Å². The molecule has 2 aromatic carbocycles. The second-order valence-corrected chi connectivity index (χ2v) is 8.26. The SMILES string of the molecule is O=C(NCc1ccccc1F)[C@H]1CCCN(c2nccnc2Sc2ccccc2)C1. The molecule has 4 rings (SSSR count). The maximum absolute atomic E-state index is 13.8. The number of aromatic nitrogens is 2. The summed E-state index contributed by atoms with van der Waals surface area (Å²) in [5.74, 6) is 0.286. The van der Waals surface area contributed by atoms with Gasteiger partial charge in [-0.15, -0.1) is 0 Å². The maximum atomic E-state index is 13.8. The summed E-state index contributed by atoms with van der Waals surface area (Å²) >= 11 is 1.57. The van der Waals surface area contributed by atoms with Crippen LogP contribution in [0.1, 0.15) is 18.4 Å². The van der Waals surface area contributed by atoms with E-state index in [1.807, 2.05) is 30.3 Å². The highest BCUT2D eigenvalue weighted by molar-refractivity contribution is 7.99. The summed E-state index contributed by atoms with van der Waals surface area (Å²) in [6.45, 7) is 1.60. The molecule has 0 aliphatic carbocycles. The van der Waals surface area contributed by atoms with Crippen LogP contribution in [0.3, 0.4) is 0 Å². The van der Waals surface area contributed by atoms with Gasteiger partial charge in [0.1, 0.15) is 10.8 Å². The fraction of sp³-hybridized carbons (Fsp3) is 0.261. The molecule has 1 aliphatic rings. The molecule has 5 nitrogen and oxygen atoms in total. The second kappa shape index (κ2) is 9.71. The maximum Gasteiger partial charge on any atom is 0.225 e. The predicted octanol–water partition coefficient (Wildman–Crippen LogP) is 4.30. The largest absolute Gasteiger partial charge is 0.354 e. The van der Waals surface area contributed by atoms with Crippen LogP contribution in [0.5, 0.6) is 0 Å². The van der Waals surface area contributed by atoms with Gasteiger partial charge in [0.15, 0.2) is 5.82 Å². The fourth-order valence-electron chi connectivity index (χ4n) is 3.56. The lowest BCUT2D eigenvalue weighted by atomic mass is 9.97. The lowest BCUT2D eigenvalue weighted by Crippen LogP contribution is -2.43. The van der Waals surface area contributed by atoms with E-state index in [0.717, 1.165) is 35.1 Å². The quantitative estimate of drug-likeness (QED) is 0.642. The zero-order chi connectivity index (χ0) is 20.8. The standard InChI is InChI=1S/C23H23FN4OS/c24-20-11-5-4-7-17(20)15-27-22(29)18-8-6-14-28(16-18)21-23(26-13-12-25-21)30-19-9-2-1-3-10-19/h1-5,7,9-13,18H,6,8,14-16H2,(H,27,29)/t18-/m0/s1. The number of hydrogen-bond donors (Lipinski definition) is 1. The first-order valence-corrected chi connectivity index (χ1v) is 10.8. The van der Waals surface area contributed by atoms with Crippen molar-refractivity contribution in [3.05, 3.63) is 78.4 Å². The average Bonchev–Trinajstić information content (AvgIpc) is 2.79. The molecular weight excluding hydrogens is 399 g/mol. The Morgan fingerprint density at radius 2 is 1.87 bits per heavy atom. The molecule has 1 saturated heterocycles. The molecule has 0 unspecified atom stereocenters. The van der Waals surface area contributed by atoms with Gasteiger partial charge in [0.2, 0.25) is 5.91 Å². The van der Waals surface area contributed by atoms with Gasteiger partial charge in [-0.2, -0.15) is 0 Å². The van der Waals surface area contributed by atoms with Crippen molar-refractivity contribution in [2.45, 2.75) is 29.3 Å². The van der Waals surface area contributed by atoms with E-state index in [9.17, 15) is 9.18 Å². The first kappa shape index (κ1) is 20.3. The van der Waals surface area contributed by atoms with Gasteiger partial charge in [0, 0.05) is 42.5 Å². The number of benzene rings is 2. The minimum absolute atomic E-state index is 0.0518. The summed E-state index contributed by atoms with van der Waals surface area (Å²) < 4.78 is 13.8. The summed E-state index contributed by atoms with van der Waals surface area (Å²) in [4.78, 5) is 25.0. The van der Waals surface area contributed by atoms with E-state index in [0.29, 0.717) is 12.1 Å². The van der Waals surface area contributed by atoms with E-state index in [1.54, 1.807) is 42.4 Å². The second-order valence-electron chi connectivity index (χ2n) is 7.19. The number of carbonyl (C=O) groups is 1. The third-order valence-electron chi connectivity index (χ3n) is 5.11. The number of anilines is 1. The number of halogens is 1. The van der Waals surface area contributed by atoms with Crippen LogP contribution in [0, 0.1) is 11.7 Å². The molecule has 154 valence electrons. The average molecular weight is 423 g/mol. The minimum Gasteiger partial charge on any atom is -0.354 e. The molecule has 0 saturated carbocycles. The van der Waals surface area contributed by atoms with Crippen LogP contribution >= 0.6 is 11.8 Å². The van der Waals surface area contributed by atoms with E-state index < -0.39 is 0 Å². The Morgan fingerprint density at radius 1 is 1.10 bits per heavy atom. The Balaban J connectivity index is 1.43. The van der Waals surface area contributed by atoms with Crippen molar-refractivity contribution in [3.63, 3.8) is 0 Å². The molecule has 2 heterocycles. The van der Waals surface area contributed by atoms with E-state index in [-0.39, 0.29) is 24.2 Å². The van der Waals surface area contributed by atoms with Gasteiger partial charge in [0.25, 0.3) is 0 Å². The number of piperidine rings is 1. The molecule has 1 fully saturated rings. The number of carbonyl (C=O) groups excluding carboxylic acids is 1. The van der Waals surface area contributed by atoms with Gasteiger partial charge >= 0.3 is 0 Å². The normalized spacial score (nSPS) is 16.3. The number of nitrogens with one attached hydrogen (secondary N) is 1. The Kier molecular flexibility index (Phi) is 6.59. The van der Waals surface area contributed by atoms with Crippen molar-refractivity contribution in [3.8, 4) is 0 Å². The molecule has 1 aromatic heterocycles. The summed E-state index contributed by atoms with van der Waals surface area (Å²) in [6, 6.07) is 16.6. The minimum atomic E-state index is -0.301. The van der Waals surface area contributed by atoms with Gasteiger partial charge in [0.05, 0.1) is 5.92 Å². The number of hydrogen-bond acceptors (Lipinski definition) is 5. The van der Waals surface area contributed by atoms with Crippen LogP contribution in [0.4, 0.5) is 10.2 Å². The van der Waals surface area contributed by atoms with Gasteiger partial charge in [-0.1, -0.05) is 48.2 Å². The number of nitrogens with zero attached hydrogens (tertiary/aromatic N) is 3.